The van der Waals surface area contributed by atoms with Gasteiger partial charge in [0.05, 0.1) is 17.9 Å². The standard InChI is InChI=1S/C22H20ClN7O/c1-15-8-9-18(12-20(15)30-14-24-27-28-30)25-21(31)11-10-19-16(2)26-29(22(19)23)13-17-6-4-3-5-7-17/h3-12,14H,13H2,1-2H3,(H,25,31)/b11-10+. The Kier molecular flexibility index (Phi) is 5.90. The SMILES string of the molecule is Cc1ccc(NC(=O)/C=C/c2c(C)nn(Cc3ccccc3)c2Cl)cc1-n1cnnn1. The van der Waals surface area contributed by atoms with Crippen molar-refractivity contribution in [3.8, 4) is 5.69 Å². The molecule has 8 nitrogen and oxygen atoms in total. The Morgan fingerprint density at radius 1 is 1.16 bits per heavy atom. The van der Waals surface area contributed by atoms with Gasteiger partial charge in [0.1, 0.15) is 11.5 Å². The van der Waals surface area contributed by atoms with Gasteiger partial charge in [0.15, 0.2) is 0 Å². The molecule has 4 rings (SSSR count). The maximum atomic E-state index is 12.5. The zero-order valence-electron chi connectivity index (χ0n) is 17.0. The zero-order valence-corrected chi connectivity index (χ0v) is 17.8. The third kappa shape index (κ3) is 4.70. The summed E-state index contributed by atoms with van der Waals surface area (Å²) in [6.07, 6.45) is 4.63. The summed E-state index contributed by atoms with van der Waals surface area (Å²) in [5.41, 5.74) is 4.96. The molecule has 2 aromatic heterocycles. The molecular weight excluding hydrogens is 414 g/mol. The van der Waals surface area contributed by atoms with Crippen LogP contribution < -0.4 is 5.32 Å². The van der Waals surface area contributed by atoms with Crippen LogP contribution in [0.25, 0.3) is 11.8 Å². The molecule has 1 N–H and O–H groups in total. The van der Waals surface area contributed by atoms with Gasteiger partial charge >= 0.3 is 0 Å². The summed E-state index contributed by atoms with van der Waals surface area (Å²) in [6.45, 7) is 4.37. The fourth-order valence-corrected chi connectivity index (χ4v) is 3.46. The predicted octanol–water partition coefficient (Wildman–Crippen LogP) is 3.83. The molecule has 0 aliphatic carbocycles. The number of nitrogens with zero attached hydrogens (tertiary/aromatic N) is 6. The second kappa shape index (κ2) is 8.93. The van der Waals surface area contributed by atoms with E-state index in [-0.39, 0.29) is 5.91 Å². The summed E-state index contributed by atoms with van der Waals surface area (Å²) in [7, 11) is 0. The molecule has 0 radical (unpaired) electrons. The van der Waals surface area contributed by atoms with E-state index in [2.05, 4.69) is 25.9 Å². The van der Waals surface area contributed by atoms with Gasteiger partial charge in [-0.15, -0.1) is 5.10 Å². The third-order valence-corrected chi connectivity index (χ3v) is 5.16. The highest BCUT2D eigenvalue weighted by atomic mass is 35.5. The van der Waals surface area contributed by atoms with Crippen LogP contribution in [0.5, 0.6) is 0 Å². The number of carbonyl (C=O) groups excluding carboxylic acids is 1. The number of aryl methyl sites for hydroxylation is 2. The van der Waals surface area contributed by atoms with Crippen molar-refractivity contribution in [3.05, 3.63) is 88.5 Å². The quantitative estimate of drug-likeness (QED) is 0.467. The van der Waals surface area contributed by atoms with E-state index in [1.54, 1.807) is 15.4 Å². The van der Waals surface area contributed by atoms with Gasteiger partial charge in [0, 0.05) is 17.3 Å². The summed E-state index contributed by atoms with van der Waals surface area (Å²) in [6, 6.07) is 15.5. The number of benzene rings is 2. The summed E-state index contributed by atoms with van der Waals surface area (Å²) in [5, 5.41) is 19.0. The number of amides is 1. The van der Waals surface area contributed by atoms with Crippen LogP contribution in [0.15, 0.2) is 60.9 Å². The Labute approximate surface area is 184 Å². The van der Waals surface area contributed by atoms with Crippen molar-refractivity contribution in [2.24, 2.45) is 0 Å². The molecule has 0 bridgehead atoms. The van der Waals surface area contributed by atoms with Crippen LogP contribution in [0, 0.1) is 13.8 Å². The number of rotatable bonds is 6. The van der Waals surface area contributed by atoms with Gasteiger partial charge < -0.3 is 5.32 Å². The maximum absolute atomic E-state index is 12.5. The Balaban J connectivity index is 1.48. The van der Waals surface area contributed by atoms with E-state index in [1.165, 1.54) is 12.4 Å². The normalized spacial score (nSPS) is 11.2. The Morgan fingerprint density at radius 3 is 2.71 bits per heavy atom. The number of nitrogens with one attached hydrogen (secondary N) is 1. The number of anilines is 1. The molecule has 9 heteroatoms. The van der Waals surface area contributed by atoms with Crippen LogP contribution in [-0.4, -0.2) is 35.9 Å². The van der Waals surface area contributed by atoms with E-state index in [9.17, 15) is 4.79 Å². The van der Waals surface area contributed by atoms with Crippen LogP contribution in [0.3, 0.4) is 0 Å². The monoisotopic (exact) mass is 433 g/mol. The molecule has 2 heterocycles. The number of halogens is 1. The molecule has 2 aromatic carbocycles. The van der Waals surface area contributed by atoms with E-state index in [4.69, 9.17) is 11.6 Å². The zero-order chi connectivity index (χ0) is 21.8. The summed E-state index contributed by atoms with van der Waals surface area (Å²) in [5.74, 6) is -0.280. The number of aromatic nitrogens is 6. The predicted molar refractivity (Wildman–Crippen MR) is 119 cm³/mol. The molecule has 0 saturated heterocycles. The van der Waals surface area contributed by atoms with Gasteiger partial charge in [-0.2, -0.15) is 5.10 Å². The van der Waals surface area contributed by atoms with Crippen LogP contribution in [0.4, 0.5) is 5.69 Å². The lowest BCUT2D eigenvalue weighted by molar-refractivity contribution is -0.111. The minimum Gasteiger partial charge on any atom is -0.322 e. The Hall–Kier alpha value is -3.78. The van der Waals surface area contributed by atoms with Crippen molar-refractivity contribution < 1.29 is 4.79 Å². The molecule has 1 amide bonds. The Bertz CT molecular complexity index is 1230. The second-order valence-electron chi connectivity index (χ2n) is 7.01. The molecule has 0 unspecified atom stereocenters. The average molecular weight is 434 g/mol. The molecule has 0 spiro atoms. The number of hydrogen-bond acceptors (Lipinski definition) is 5. The fourth-order valence-electron chi connectivity index (χ4n) is 3.17. The first-order chi connectivity index (χ1) is 15.0. The van der Waals surface area contributed by atoms with Crippen LogP contribution in [0.1, 0.15) is 22.4 Å². The first-order valence-corrected chi connectivity index (χ1v) is 9.99. The van der Waals surface area contributed by atoms with E-state index in [0.717, 1.165) is 22.5 Å². The van der Waals surface area contributed by atoms with Gasteiger partial charge in [-0.05, 0) is 53.6 Å². The van der Waals surface area contributed by atoms with E-state index in [0.29, 0.717) is 22.9 Å². The average Bonchev–Trinajstić information content (AvgIpc) is 3.38. The van der Waals surface area contributed by atoms with Gasteiger partial charge in [-0.3, -0.25) is 4.79 Å². The first kappa shape index (κ1) is 20.5. The van der Waals surface area contributed by atoms with Crippen molar-refractivity contribution >= 4 is 29.3 Å². The second-order valence-corrected chi connectivity index (χ2v) is 7.37. The number of hydrogen-bond donors (Lipinski definition) is 1. The highest BCUT2D eigenvalue weighted by Gasteiger charge is 2.12. The highest BCUT2D eigenvalue weighted by molar-refractivity contribution is 6.31. The lowest BCUT2D eigenvalue weighted by atomic mass is 10.2. The molecule has 156 valence electrons. The molecular formula is C22H20ClN7O. The van der Waals surface area contributed by atoms with Gasteiger partial charge in [-0.1, -0.05) is 48.0 Å². The minimum atomic E-state index is -0.280. The lowest BCUT2D eigenvalue weighted by Crippen LogP contribution is -2.09. The molecule has 0 aliphatic heterocycles. The molecule has 31 heavy (non-hydrogen) atoms. The molecule has 0 fully saturated rings. The third-order valence-electron chi connectivity index (χ3n) is 4.76. The lowest BCUT2D eigenvalue weighted by Gasteiger charge is -2.08. The van der Waals surface area contributed by atoms with Crippen molar-refractivity contribution in [2.45, 2.75) is 20.4 Å². The van der Waals surface area contributed by atoms with Crippen LogP contribution in [0.2, 0.25) is 5.15 Å². The Morgan fingerprint density at radius 2 is 1.97 bits per heavy atom. The van der Waals surface area contributed by atoms with Crippen LogP contribution in [-0.2, 0) is 11.3 Å². The maximum Gasteiger partial charge on any atom is 0.248 e. The smallest absolute Gasteiger partial charge is 0.248 e. The summed E-state index contributed by atoms with van der Waals surface area (Å²) >= 11 is 6.51. The van der Waals surface area contributed by atoms with E-state index < -0.39 is 0 Å². The van der Waals surface area contributed by atoms with Crippen molar-refractivity contribution in [1.29, 1.82) is 0 Å². The fraction of sp³-hybridized carbons (Fsp3) is 0.136. The topological polar surface area (TPSA) is 90.5 Å². The van der Waals surface area contributed by atoms with E-state index >= 15 is 0 Å². The molecule has 0 saturated carbocycles. The summed E-state index contributed by atoms with van der Waals surface area (Å²) < 4.78 is 3.27. The van der Waals surface area contributed by atoms with Crippen molar-refractivity contribution in [2.75, 3.05) is 5.32 Å². The van der Waals surface area contributed by atoms with E-state index in [1.807, 2.05) is 62.4 Å². The van der Waals surface area contributed by atoms with Gasteiger partial charge in [0.25, 0.3) is 0 Å². The highest BCUT2D eigenvalue weighted by Crippen LogP contribution is 2.23. The number of carbonyl (C=O) groups is 1. The van der Waals surface area contributed by atoms with Crippen molar-refractivity contribution in [1.82, 2.24) is 30.0 Å². The molecule has 4 aromatic rings. The van der Waals surface area contributed by atoms with Crippen LogP contribution >= 0.6 is 11.6 Å². The number of tetrazole rings is 1. The van der Waals surface area contributed by atoms with Crippen molar-refractivity contribution in [3.63, 3.8) is 0 Å². The minimum absolute atomic E-state index is 0.280. The first-order valence-electron chi connectivity index (χ1n) is 9.61. The molecule has 0 aliphatic rings. The largest absolute Gasteiger partial charge is 0.322 e. The van der Waals surface area contributed by atoms with Gasteiger partial charge in [-0.25, -0.2) is 9.36 Å². The van der Waals surface area contributed by atoms with Gasteiger partial charge in [0.2, 0.25) is 5.91 Å². The molecule has 0 atom stereocenters. The summed E-state index contributed by atoms with van der Waals surface area (Å²) in [4.78, 5) is 12.5.